The van der Waals surface area contributed by atoms with E-state index in [1.807, 2.05) is 0 Å². The smallest absolute Gasteiger partial charge is 0.132 e. The third-order valence-corrected chi connectivity index (χ3v) is 3.44. The summed E-state index contributed by atoms with van der Waals surface area (Å²) in [6.45, 7) is 2.96. The Morgan fingerprint density at radius 1 is 1.46 bits per heavy atom. The lowest BCUT2D eigenvalue weighted by atomic mass is 10.2. The summed E-state index contributed by atoms with van der Waals surface area (Å²) in [6.07, 6.45) is 1.19. The van der Waals surface area contributed by atoms with E-state index in [1.54, 1.807) is 0 Å². The molecular formula is C10H15IOSi. The van der Waals surface area contributed by atoms with Crippen molar-refractivity contribution in [1.29, 1.82) is 0 Å². The highest BCUT2D eigenvalue weighted by molar-refractivity contribution is 14.1. The zero-order valence-corrected chi connectivity index (χ0v) is 12.3. The molecule has 0 heterocycles. The summed E-state index contributed by atoms with van der Waals surface area (Å²) < 4.78 is 6.88. The van der Waals surface area contributed by atoms with Crippen molar-refractivity contribution in [3.05, 3.63) is 27.3 Å². The van der Waals surface area contributed by atoms with E-state index in [4.69, 9.17) is 4.74 Å². The standard InChI is InChI=1S/C10H15IOSi/c1-8-3-4-9(11)10(7-8)12-5-2-6-13/h3-4,7H,2,5-6H2,1,13H3. The summed E-state index contributed by atoms with van der Waals surface area (Å²) >= 11 is 2.31. The van der Waals surface area contributed by atoms with E-state index >= 15 is 0 Å². The number of hydrogen-bond donors (Lipinski definition) is 0. The molecule has 0 spiro atoms. The first-order valence-corrected chi connectivity index (χ1v) is 7.12. The van der Waals surface area contributed by atoms with Gasteiger partial charge in [-0.25, -0.2) is 0 Å². The number of aryl methyl sites for hydroxylation is 1. The van der Waals surface area contributed by atoms with Gasteiger partial charge in [0.15, 0.2) is 0 Å². The molecule has 0 bridgehead atoms. The van der Waals surface area contributed by atoms with Crippen molar-refractivity contribution in [3.8, 4) is 5.75 Å². The molecule has 0 saturated heterocycles. The summed E-state index contributed by atoms with van der Waals surface area (Å²) in [7, 11) is 1.28. The predicted molar refractivity (Wildman–Crippen MR) is 68.8 cm³/mol. The topological polar surface area (TPSA) is 9.23 Å². The molecule has 0 unspecified atom stereocenters. The minimum absolute atomic E-state index is 0.864. The molecule has 0 aliphatic rings. The van der Waals surface area contributed by atoms with Crippen LogP contribution in [-0.4, -0.2) is 16.8 Å². The van der Waals surface area contributed by atoms with Crippen molar-refractivity contribution >= 4 is 32.8 Å². The Balaban J connectivity index is 2.59. The van der Waals surface area contributed by atoms with Crippen LogP contribution < -0.4 is 4.74 Å². The molecule has 0 N–H and O–H groups in total. The minimum Gasteiger partial charge on any atom is -0.492 e. The first-order valence-electron chi connectivity index (χ1n) is 4.63. The van der Waals surface area contributed by atoms with Gasteiger partial charge in [0.2, 0.25) is 0 Å². The van der Waals surface area contributed by atoms with E-state index in [2.05, 4.69) is 47.7 Å². The van der Waals surface area contributed by atoms with Crippen LogP contribution in [0.3, 0.4) is 0 Å². The van der Waals surface area contributed by atoms with E-state index < -0.39 is 0 Å². The van der Waals surface area contributed by atoms with Crippen molar-refractivity contribution in [2.75, 3.05) is 6.61 Å². The van der Waals surface area contributed by atoms with Gasteiger partial charge in [0.25, 0.3) is 0 Å². The van der Waals surface area contributed by atoms with Crippen LogP contribution in [0.15, 0.2) is 18.2 Å². The lowest BCUT2D eigenvalue weighted by molar-refractivity contribution is 0.315. The van der Waals surface area contributed by atoms with Gasteiger partial charge in [-0.2, -0.15) is 0 Å². The highest BCUT2D eigenvalue weighted by Gasteiger charge is 1.99. The molecule has 13 heavy (non-hydrogen) atoms. The van der Waals surface area contributed by atoms with E-state index in [0.29, 0.717) is 0 Å². The second kappa shape index (κ2) is 5.65. The second-order valence-electron chi connectivity index (χ2n) is 3.14. The van der Waals surface area contributed by atoms with Crippen LogP contribution in [0.1, 0.15) is 12.0 Å². The predicted octanol–water partition coefficient (Wildman–Crippen LogP) is 2.15. The monoisotopic (exact) mass is 306 g/mol. The molecule has 0 radical (unpaired) electrons. The van der Waals surface area contributed by atoms with Gasteiger partial charge in [-0.3, -0.25) is 0 Å². The van der Waals surface area contributed by atoms with Crippen LogP contribution in [0.4, 0.5) is 0 Å². The molecule has 0 aromatic heterocycles. The number of halogens is 1. The molecule has 72 valence electrons. The summed E-state index contributed by atoms with van der Waals surface area (Å²) in [5.74, 6) is 1.04. The molecule has 0 atom stereocenters. The first kappa shape index (κ1) is 11.0. The fourth-order valence-electron chi connectivity index (χ4n) is 1.05. The lowest BCUT2D eigenvalue weighted by Gasteiger charge is -2.07. The molecule has 3 heteroatoms. The zero-order valence-electron chi connectivity index (χ0n) is 8.14. The second-order valence-corrected chi connectivity index (χ2v) is 5.30. The van der Waals surface area contributed by atoms with Crippen LogP contribution in [0, 0.1) is 10.5 Å². The molecule has 1 rings (SSSR count). The Morgan fingerprint density at radius 2 is 2.23 bits per heavy atom. The molecular weight excluding hydrogens is 291 g/mol. The van der Waals surface area contributed by atoms with Crippen LogP contribution in [0.2, 0.25) is 6.04 Å². The van der Waals surface area contributed by atoms with Crippen molar-refractivity contribution in [3.63, 3.8) is 0 Å². The lowest BCUT2D eigenvalue weighted by Crippen LogP contribution is -1.98. The maximum absolute atomic E-state index is 5.67. The van der Waals surface area contributed by atoms with Gasteiger partial charge in [-0.1, -0.05) is 12.1 Å². The largest absolute Gasteiger partial charge is 0.492 e. The summed E-state index contributed by atoms with van der Waals surface area (Å²) in [5.41, 5.74) is 1.27. The molecule has 1 nitrogen and oxygen atoms in total. The number of benzene rings is 1. The van der Waals surface area contributed by atoms with E-state index in [-0.39, 0.29) is 0 Å². The number of ether oxygens (including phenoxy) is 1. The van der Waals surface area contributed by atoms with Crippen molar-refractivity contribution < 1.29 is 4.74 Å². The first-order chi connectivity index (χ1) is 6.24. The zero-order chi connectivity index (χ0) is 9.68. The SMILES string of the molecule is Cc1ccc(I)c(OCCC[SiH3])c1. The average molecular weight is 306 g/mol. The number of rotatable bonds is 4. The van der Waals surface area contributed by atoms with Crippen LogP contribution >= 0.6 is 22.6 Å². The maximum Gasteiger partial charge on any atom is 0.132 e. The van der Waals surface area contributed by atoms with Gasteiger partial charge in [0.1, 0.15) is 5.75 Å². The van der Waals surface area contributed by atoms with Gasteiger partial charge in [0.05, 0.1) is 10.2 Å². The molecule has 0 saturated carbocycles. The maximum atomic E-state index is 5.67. The third-order valence-electron chi connectivity index (χ3n) is 1.84. The molecule has 0 aliphatic carbocycles. The molecule has 1 aromatic rings. The molecule has 0 fully saturated rings. The van der Waals surface area contributed by atoms with E-state index in [9.17, 15) is 0 Å². The Labute approximate surface area is 96.4 Å². The Morgan fingerprint density at radius 3 is 2.92 bits per heavy atom. The fourth-order valence-corrected chi connectivity index (χ4v) is 1.83. The summed E-state index contributed by atoms with van der Waals surface area (Å²) in [5, 5.41) is 0. The average Bonchev–Trinajstić information content (AvgIpc) is 2.11. The van der Waals surface area contributed by atoms with Gasteiger partial charge in [0, 0.05) is 10.2 Å². The van der Waals surface area contributed by atoms with Gasteiger partial charge in [-0.15, -0.1) is 0 Å². The Bertz CT molecular complexity index is 276. The van der Waals surface area contributed by atoms with E-state index in [0.717, 1.165) is 12.4 Å². The van der Waals surface area contributed by atoms with Gasteiger partial charge in [-0.05, 0) is 53.6 Å². The fraction of sp³-hybridized carbons (Fsp3) is 0.400. The van der Waals surface area contributed by atoms with Crippen LogP contribution in [0.5, 0.6) is 5.75 Å². The Hall–Kier alpha value is -0.0331. The third kappa shape index (κ3) is 3.68. The highest BCUT2D eigenvalue weighted by atomic mass is 127. The highest BCUT2D eigenvalue weighted by Crippen LogP contribution is 2.22. The summed E-state index contributed by atoms with van der Waals surface area (Å²) in [4.78, 5) is 0. The van der Waals surface area contributed by atoms with Crippen molar-refractivity contribution in [2.45, 2.75) is 19.4 Å². The normalized spacial score (nSPS) is 10.3. The molecule has 0 amide bonds. The summed E-state index contributed by atoms with van der Waals surface area (Å²) in [6, 6.07) is 7.64. The Kier molecular flexibility index (Phi) is 4.80. The van der Waals surface area contributed by atoms with Gasteiger partial charge < -0.3 is 4.74 Å². The minimum atomic E-state index is 0.864. The van der Waals surface area contributed by atoms with Crippen molar-refractivity contribution in [2.24, 2.45) is 0 Å². The molecule has 1 aromatic carbocycles. The molecule has 0 aliphatic heterocycles. The van der Waals surface area contributed by atoms with Crippen LogP contribution in [0.25, 0.3) is 0 Å². The quantitative estimate of drug-likeness (QED) is 0.470. The number of hydrogen-bond acceptors (Lipinski definition) is 1. The van der Waals surface area contributed by atoms with Gasteiger partial charge >= 0.3 is 0 Å². The van der Waals surface area contributed by atoms with Crippen molar-refractivity contribution in [1.82, 2.24) is 0 Å². The van der Waals surface area contributed by atoms with E-state index in [1.165, 1.54) is 31.8 Å². The van der Waals surface area contributed by atoms with Crippen LogP contribution in [-0.2, 0) is 0 Å².